The van der Waals surface area contributed by atoms with Gasteiger partial charge in [0.05, 0.1) is 5.75 Å². The van der Waals surface area contributed by atoms with Crippen molar-refractivity contribution in [2.24, 2.45) is 0 Å². The molecule has 8 nitrogen and oxygen atoms in total. The van der Waals surface area contributed by atoms with Gasteiger partial charge in [-0.15, -0.1) is 0 Å². The lowest BCUT2D eigenvalue weighted by Gasteiger charge is -2.06. The number of nitrogens with one attached hydrogen (secondary N) is 2. The molecule has 1 aromatic heterocycles. The minimum Gasteiger partial charge on any atom is -0.244 e. The lowest BCUT2D eigenvalue weighted by Crippen LogP contribution is -2.33. The molecule has 2 N–H and O–H groups in total. The first-order valence-electron chi connectivity index (χ1n) is 5.08. The zero-order valence-electron chi connectivity index (χ0n) is 9.99. The molecule has 1 heterocycles. The number of nitriles is 1. The lowest BCUT2D eigenvalue weighted by molar-refractivity contribution is 0.578. The predicted molar refractivity (Wildman–Crippen MR) is 67.0 cm³/mol. The van der Waals surface area contributed by atoms with Gasteiger partial charge in [-0.05, 0) is 19.2 Å². The summed E-state index contributed by atoms with van der Waals surface area (Å²) >= 11 is 0. The molecule has 0 atom stereocenters. The molecule has 0 amide bonds. The number of pyridine rings is 1. The Balaban J connectivity index is 2.74. The second kappa shape index (κ2) is 6.07. The smallest absolute Gasteiger partial charge is 0.242 e. The van der Waals surface area contributed by atoms with Gasteiger partial charge >= 0.3 is 0 Å². The molecule has 0 saturated carbocycles. The van der Waals surface area contributed by atoms with Crippen molar-refractivity contribution in [3.63, 3.8) is 0 Å². The van der Waals surface area contributed by atoms with Crippen LogP contribution >= 0.6 is 0 Å². The molecule has 0 fully saturated rings. The van der Waals surface area contributed by atoms with Gasteiger partial charge in [0.1, 0.15) is 16.7 Å². The van der Waals surface area contributed by atoms with Crippen LogP contribution in [0.25, 0.3) is 0 Å². The van der Waals surface area contributed by atoms with E-state index in [2.05, 4.69) is 14.4 Å². The van der Waals surface area contributed by atoms with E-state index in [-0.39, 0.29) is 22.9 Å². The first-order chi connectivity index (χ1) is 8.80. The fourth-order valence-corrected chi connectivity index (χ4v) is 2.78. The van der Waals surface area contributed by atoms with Crippen LogP contribution in [0.4, 0.5) is 0 Å². The summed E-state index contributed by atoms with van der Waals surface area (Å²) in [6, 6.07) is 4.25. The van der Waals surface area contributed by atoms with Crippen LogP contribution in [0.15, 0.2) is 23.2 Å². The van der Waals surface area contributed by atoms with Crippen molar-refractivity contribution in [3.8, 4) is 6.07 Å². The minimum atomic E-state index is -3.83. The Bertz CT molecular complexity index is 674. The minimum absolute atomic E-state index is 0.0942. The van der Waals surface area contributed by atoms with Gasteiger partial charge in [0.25, 0.3) is 0 Å². The largest absolute Gasteiger partial charge is 0.244 e. The molecule has 0 aliphatic carbocycles. The Morgan fingerprint density at radius 1 is 1.32 bits per heavy atom. The normalized spacial score (nSPS) is 12.0. The Hall–Kier alpha value is -1.54. The monoisotopic (exact) mass is 304 g/mol. The van der Waals surface area contributed by atoms with Crippen LogP contribution in [-0.2, 0) is 20.0 Å². The first kappa shape index (κ1) is 15.5. The standard InChI is InChI=1S/C9H12N4O4S2/c1-11-18(14,15)5-4-13-19(16,17)9-3-2-8(6-10)12-7-9/h2-3,7,11,13H,4-5H2,1H3. The van der Waals surface area contributed by atoms with E-state index >= 15 is 0 Å². The van der Waals surface area contributed by atoms with E-state index in [4.69, 9.17) is 5.26 Å². The van der Waals surface area contributed by atoms with Gasteiger partial charge in [-0.2, -0.15) is 5.26 Å². The molecule has 10 heteroatoms. The van der Waals surface area contributed by atoms with E-state index < -0.39 is 20.0 Å². The average molecular weight is 304 g/mol. The highest BCUT2D eigenvalue weighted by Crippen LogP contribution is 2.06. The number of sulfonamides is 2. The Morgan fingerprint density at radius 2 is 2.00 bits per heavy atom. The fourth-order valence-electron chi connectivity index (χ4n) is 1.10. The summed E-state index contributed by atoms with van der Waals surface area (Å²) in [7, 11) is -6.06. The van der Waals surface area contributed by atoms with E-state index in [0.717, 1.165) is 6.20 Å². The lowest BCUT2D eigenvalue weighted by atomic mass is 10.4. The number of rotatable bonds is 6. The number of nitrogens with zero attached hydrogens (tertiary/aromatic N) is 2. The van der Waals surface area contributed by atoms with Gasteiger partial charge < -0.3 is 0 Å². The summed E-state index contributed by atoms with van der Waals surface area (Å²) in [4.78, 5) is 3.49. The number of aromatic nitrogens is 1. The number of hydrogen-bond donors (Lipinski definition) is 2. The molecule has 0 aromatic carbocycles. The Morgan fingerprint density at radius 3 is 2.47 bits per heavy atom. The summed E-state index contributed by atoms with van der Waals surface area (Å²) in [5, 5.41) is 8.54. The maximum absolute atomic E-state index is 11.8. The van der Waals surface area contributed by atoms with Crippen molar-refractivity contribution in [2.75, 3.05) is 19.3 Å². The molecule has 0 aliphatic heterocycles. The molecular weight excluding hydrogens is 292 g/mol. The van der Waals surface area contributed by atoms with Crippen molar-refractivity contribution in [1.29, 1.82) is 5.26 Å². The third-order valence-electron chi connectivity index (χ3n) is 2.14. The molecule has 1 aromatic rings. The second-order valence-electron chi connectivity index (χ2n) is 3.41. The Kier molecular flexibility index (Phi) is 4.96. The SMILES string of the molecule is CNS(=O)(=O)CCNS(=O)(=O)c1ccc(C#N)nc1. The van der Waals surface area contributed by atoms with E-state index in [1.807, 2.05) is 0 Å². The molecular formula is C9H12N4O4S2. The molecule has 0 aliphatic rings. The van der Waals surface area contributed by atoms with Crippen LogP contribution in [0.5, 0.6) is 0 Å². The molecule has 0 saturated heterocycles. The summed E-state index contributed by atoms with van der Waals surface area (Å²) < 4.78 is 49.9. The van der Waals surface area contributed by atoms with Crippen LogP contribution in [0.3, 0.4) is 0 Å². The number of hydrogen-bond acceptors (Lipinski definition) is 6. The van der Waals surface area contributed by atoms with Gasteiger partial charge in [-0.3, -0.25) is 0 Å². The summed E-state index contributed by atoms with van der Waals surface area (Å²) in [6.07, 6.45) is 1.04. The third-order valence-corrected chi connectivity index (χ3v) is 4.94. The van der Waals surface area contributed by atoms with Gasteiger partial charge in [0.15, 0.2) is 0 Å². The van der Waals surface area contributed by atoms with Gasteiger partial charge in [0.2, 0.25) is 20.0 Å². The zero-order chi connectivity index (χ0) is 14.5. The average Bonchev–Trinajstić information content (AvgIpc) is 2.38. The quantitative estimate of drug-likeness (QED) is 0.677. The molecule has 1 rings (SSSR count). The highest BCUT2D eigenvalue weighted by atomic mass is 32.2. The van der Waals surface area contributed by atoms with Gasteiger partial charge in [-0.25, -0.2) is 31.3 Å². The van der Waals surface area contributed by atoms with E-state index in [9.17, 15) is 16.8 Å². The van der Waals surface area contributed by atoms with Crippen LogP contribution in [0.1, 0.15) is 5.69 Å². The molecule has 0 unspecified atom stereocenters. The van der Waals surface area contributed by atoms with Crippen LogP contribution in [-0.4, -0.2) is 41.2 Å². The van der Waals surface area contributed by atoms with Crippen molar-refractivity contribution >= 4 is 20.0 Å². The summed E-state index contributed by atoms with van der Waals surface area (Å²) in [6.45, 7) is -0.258. The van der Waals surface area contributed by atoms with Gasteiger partial charge in [-0.1, -0.05) is 0 Å². The third kappa shape index (κ3) is 4.56. The van der Waals surface area contributed by atoms with Crippen LogP contribution in [0, 0.1) is 11.3 Å². The highest BCUT2D eigenvalue weighted by molar-refractivity contribution is 7.90. The molecule has 19 heavy (non-hydrogen) atoms. The zero-order valence-corrected chi connectivity index (χ0v) is 11.6. The van der Waals surface area contributed by atoms with Crippen molar-refractivity contribution < 1.29 is 16.8 Å². The molecule has 104 valence electrons. The Labute approximate surface area is 111 Å². The molecule has 0 spiro atoms. The fraction of sp³-hybridized carbons (Fsp3) is 0.333. The molecule has 0 bridgehead atoms. The summed E-state index contributed by atoms with van der Waals surface area (Å²) in [5.41, 5.74) is 0.0942. The molecule has 0 radical (unpaired) electrons. The maximum atomic E-state index is 11.8. The van der Waals surface area contributed by atoms with Crippen molar-refractivity contribution in [2.45, 2.75) is 4.90 Å². The predicted octanol–water partition coefficient (Wildman–Crippen LogP) is -1.22. The van der Waals surface area contributed by atoms with Crippen LogP contribution in [0.2, 0.25) is 0 Å². The highest BCUT2D eigenvalue weighted by Gasteiger charge is 2.15. The van der Waals surface area contributed by atoms with E-state index in [0.29, 0.717) is 0 Å². The van der Waals surface area contributed by atoms with Crippen LogP contribution < -0.4 is 9.44 Å². The van der Waals surface area contributed by atoms with Gasteiger partial charge in [0, 0.05) is 12.7 Å². The maximum Gasteiger partial charge on any atom is 0.242 e. The first-order valence-corrected chi connectivity index (χ1v) is 8.21. The second-order valence-corrected chi connectivity index (χ2v) is 7.22. The van der Waals surface area contributed by atoms with Crippen molar-refractivity contribution in [3.05, 3.63) is 24.0 Å². The topological polar surface area (TPSA) is 129 Å². The van der Waals surface area contributed by atoms with E-state index in [1.165, 1.54) is 19.2 Å². The van der Waals surface area contributed by atoms with Crippen molar-refractivity contribution in [1.82, 2.24) is 14.4 Å². The summed E-state index contributed by atoms with van der Waals surface area (Å²) in [5.74, 6) is -0.369. The van der Waals surface area contributed by atoms with E-state index in [1.54, 1.807) is 6.07 Å².